The third kappa shape index (κ3) is 8.05. The molecular formula is C21H33ClIN7O2. The van der Waals surface area contributed by atoms with Crippen molar-refractivity contribution < 1.29 is 9.47 Å². The molecule has 32 heavy (non-hydrogen) atoms. The molecule has 2 N–H and O–H groups in total. The van der Waals surface area contributed by atoms with Crippen LogP contribution in [-0.2, 0) is 24.8 Å². The van der Waals surface area contributed by atoms with Crippen molar-refractivity contribution in [3.05, 3.63) is 40.4 Å². The molecule has 0 radical (unpaired) electrons. The van der Waals surface area contributed by atoms with E-state index in [1.807, 2.05) is 36.7 Å². The molecule has 178 valence electrons. The van der Waals surface area contributed by atoms with E-state index in [2.05, 4.69) is 25.7 Å². The van der Waals surface area contributed by atoms with Crippen LogP contribution in [0.15, 0.2) is 23.2 Å². The van der Waals surface area contributed by atoms with Gasteiger partial charge < -0.3 is 24.7 Å². The monoisotopic (exact) mass is 577 g/mol. The molecule has 0 spiro atoms. The van der Waals surface area contributed by atoms with E-state index in [9.17, 15) is 0 Å². The lowest BCUT2D eigenvalue weighted by atomic mass is 10.1. The lowest BCUT2D eigenvalue weighted by molar-refractivity contribution is 0.0389. The number of rotatable bonds is 9. The van der Waals surface area contributed by atoms with Gasteiger partial charge in [-0.05, 0) is 31.0 Å². The number of halogens is 2. The Bertz CT molecular complexity index is 872. The standard InChI is InChI=1S/C21H32ClN7O2.HI/c1-16-26-27-20(28(16)2)15-25-21(24-8-9-29-10-12-31-13-11-29)23-7-6-17-4-5-18(30-3)14-19(17)22;/h4-5,14H,6-13,15H2,1-3H3,(H2,23,24,25);1H. The summed E-state index contributed by atoms with van der Waals surface area (Å²) in [4.78, 5) is 7.09. The van der Waals surface area contributed by atoms with Gasteiger partial charge in [0.15, 0.2) is 11.8 Å². The fraction of sp³-hybridized carbons (Fsp3) is 0.571. The summed E-state index contributed by atoms with van der Waals surface area (Å²) in [5.41, 5.74) is 1.06. The van der Waals surface area contributed by atoms with Crippen molar-refractivity contribution in [1.29, 1.82) is 0 Å². The van der Waals surface area contributed by atoms with Crippen LogP contribution in [0.3, 0.4) is 0 Å². The van der Waals surface area contributed by atoms with Crippen molar-refractivity contribution in [1.82, 2.24) is 30.3 Å². The molecule has 1 aliphatic heterocycles. The van der Waals surface area contributed by atoms with Crippen LogP contribution in [0.5, 0.6) is 5.75 Å². The molecule has 1 fully saturated rings. The molecule has 1 aromatic heterocycles. The van der Waals surface area contributed by atoms with Gasteiger partial charge in [0, 0.05) is 44.8 Å². The fourth-order valence-electron chi connectivity index (χ4n) is 3.24. The van der Waals surface area contributed by atoms with Gasteiger partial charge in [-0.1, -0.05) is 17.7 Å². The van der Waals surface area contributed by atoms with E-state index in [1.165, 1.54) is 0 Å². The maximum Gasteiger partial charge on any atom is 0.191 e. The first-order valence-electron chi connectivity index (χ1n) is 10.6. The van der Waals surface area contributed by atoms with Crippen LogP contribution in [0.1, 0.15) is 17.2 Å². The molecule has 11 heteroatoms. The number of hydrogen-bond donors (Lipinski definition) is 2. The van der Waals surface area contributed by atoms with Crippen LogP contribution in [0.25, 0.3) is 0 Å². The second kappa shape index (κ2) is 13.8. The number of nitrogens with zero attached hydrogens (tertiary/aromatic N) is 5. The minimum Gasteiger partial charge on any atom is -0.497 e. The Morgan fingerprint density at radius 2 is 1.97 bits per heavy atom. The molecule has 1 saturated heterocycles. The predicted molar refractivity (Wildman–Crippen MR) is 137 cm³/mol. The van der Waals surface area contributed by atoms with E-state index in [1.54, 1.807) is 7.11 Å². The van der Waals surface area contributed by atoms with Gasteiger partial charge in [0.1, 0.15) is 18.1 Å². The van der Waals surface area contributed by atoms with Crippen LogP contribution in [0.4, 0.5) is 0 Å². The van der Waals surface area contributed by atoms with Gasteiger partial charge in [-0.15, -0.1) is 34.2 Å². The van der Waals surface area contributed by atoms with Gasteiger partial charge in [-0.25, -0.2) is 4.99 Å². The fourth-order valence-corrected chi connectivity index (χ4v) is 3.51. The number of nitrogens with one attached hydrogen (secondary N) is 2. The van der Waals surface area contributed by atoms with E-state index in [4.69, 9.17) is 26.1 Å². The van der Waals surface area contributed by atoms with Crippen LogP contribution >= 0.6 is 35.6 Å². The Balaban J connectivity index is 0.00000363. The second-order valence-electron chi connectivity index (χ2n) is 7.40. The van der Waals surface area contributed by atoms with E-state index < -0.39 is 0 Å². The van der Waals surface area contributed by atoms with Gasteiger partial charge in [0.05, 0.1) is 20.3 Å². The van der Waals surface area contributed by atoms with Gasteiger partial charge in [0.2, 0.25) is 0 Å². The zero-order valence-electron chi connectivity index (χ0n) is 18.9. The quantitative estimate of drug-likeness (QED) is 0.268. The SMILES string of the molecule is COc1ccc(CCNC(=NCc2nnc(C)n2C)NCCN2CCOCC2)c(Cl)c1.I. The molecule has 1 aliphatic rings. The van der Waals surface area contributed by atoms with Gasteiger partial charge in [0.25, 0.3) is 0 Å². The van der Waals surface area contributed by atoms with Crippen LogP contribution < -0.4 is 15.4 Å². The molecule has 0 atom stereocenters. The maximum atomic E-state index is 6.37. The Kier molecular flexibility index (Phi) is 11.5. The Morgan fingerprint density at radius 1 is 1.22 bits per heavy atom. The summed E-state index contributed by atoms with van der Waals surface area (Å²) >= 11 is 6.37. The van der Waals surface area contributed by atoms with Crippen molar-refractivity contribution >= 4 is 41.5 Å². The number of aromatic nitrogens is 3. The summed E-state index contributed by atoms with van der Waals surface area (Å²) < 4.78 is 12.6. The topological polar surface area (TPSA) is 88.8 Å². The molecule has 0 amide bonds. The maximum absolute atomic E-state index is 6.37. The summed E-state index contributed by atoms with van der Waals surface area (Å²) in [6.07, 6.45) is 0.774. The summed E-state index contributed by atoms with van der Waals surface area (Å²) in [6, 6.07) is 5.75. The number of aryl methyl sites for hydroxylation is 1. The van der Waals surface area contributed by atoms with Gasteiger partial charge >= 0.3 is 0 Å². The third-order valence-electron chi connectivity index (χ3n) is 5.33. The molecule has 0 aliphatic carbocycles. The second-order valence-corrected chi connectivity index (χ2v) is 7.81. The van der Waals surface area contributed by atoms with E-state index >= 15 is 0 Å². The number of morpholine rings is 1. The molecule has 0 saturated carbocycles. The molecule has 9 nitrogen and oxygen atoms in total. The number of benzene rings is 1. The third-order valence-corrected chi connectivity index (χ3v) is 5.68. The highest BCUT2D eigenvalue weighted by molar-refractivity contribution is 14.0. The Morgan fingerprint density at radius 3 is 2.62 bits per heavy atom. The average molecular weight is 578 g/mol. The smallest absolute Gasteiger partial charge is 0.191 e. The number of aliphatic imine (C=N–C) groups is 1. The number of guanidine groups is 1. The first-order valence-corrected chi connectivity index (χ1v) is 10.9. The molecule has 2 heterocycles. The molecule has 1 aromatic carbocycles. The molecule has 3 rings (SSSR count). The largest absolute Gasteiger partial charge is 0.497 e. The summed E-state index contributed by atoms with van der Waals surface area (Å²) in [5.74, 6) is 3.20. The minimum absolute atomic E-state index is 0. The Hall–Kier alpha value is -1.63. The highest BCUT2D eigenvalue weighted by Crippen LogP contribution is 2.22. The summed E-state index contributed by atoms with van der Waals surface area (Å²) in [5, 5.41) is 15.8. The van der Waals surface area contributed by atoms with E-state index in [0.29, 0.717) is 18.1 Å². The van der Waals surface area contributed by atoms with Crippen LogP contribution in [0.2, 0.25) is 5.02 Å². The molecule has 0 unspecified atom stereocenters. The lowest BCUT2D eigenvalue weighted by Gasteiger charge is -2.26. The van der Waals surface area contributed by atoms with Crippen molar-refractivity contribution in [2.45, 2.75) is 19.9 Å². The molecular weight excluding hydrogens is 545 g/mol. The van der Waals surface area contributed by atoms with E-state index in [-0.39, 0.29) is 24.0 Å². The molecule has 0 bridgehead atoms. The summed E-state index contributed by atoms with van der Waals surface area (Å²) in [7, 11) is 3.58. The van der Waals surface area contributed by atoms with Crippen molar-refractivity contribution in [2.24, 2.45) is 12.0 Å². The minimum atomic E-state index is 0. The average Bonchev–Trinajstić information content (AvgIpc) is 3.11. The van der Waals surface area contributed by atoms with Crippen molar-refractivity contribution in [3.63, 3.8) is 0 Å². The van der Waals surface area contributed by atoms with E-state index in [0.717, 1.165) is 74.7 Å². The van der Waals surface area contributed by atoms with Crippen molar-refractivity contribution in [3.8, 4) is 5.75 Å². The zero-order valence-corrected chi connectivity index (χ0v) is 22.0. The normalized spacial score (nSPS) is 14.7. The van der Waals surface area contributed by atoms with Crippen molar-refractivity contribution in [2.75, 3.05) is 53.0 Å². The van der Waals surface area contributed by atoms with Gasteiger partial charge in [-0.2, -0.15) is 0 Å². The summed E-state index contributed by atoms with van der Waals surface area (Å²) in [6.45, 7) is 8.36. The molecule has 2 aromatic rings. The van der Waals surface area contributed by atoms with Crippen LogP contribution in [-0.4, -0.2) is 78.7 Å². The lowest BCUT2D eigenvalue weighted by Crippen LogP contribution is -2.44. The first kappa shape index (κ1) is 26.6. The number of hydrogen-bond acceptors (Lipinski definition) is 6. The van der Waals surface area contributed by atoms with Crippen LogP contribution in [0, 0.1) is 6.92 Å². The Labute approximate surface area is 211 Å². The highest BCUT2D eigenvalue weighted by atomic mass is 127. The first-order chi connectivity index (χ1) is 15.1. The highest BCUT2D eigenvalue weighted by Gasteiger charge is 2.11. The zero-order chi connectivity index (χ0) is 22.1. The van der Waals surface area contributed by atoms with Gasteiger partial charge in [-0.3, -0.25) is 4.90 Å². The number of methoxy groups -OCH3 is 1. The number of ether oxygens (including phenoxy) is 2. The predicted octanol–water partition coefficient (Wildman–Crippen LogP) is 2.01.